The lowest BCUT2D eigenvalue weighted by Gasteiger charge is -2.35. The summed E-state index contributed by atoms with van der Waals surface area (Å²) in [5.41, 5.74) is 8.68. The van der Waals surface area contributed by atoms with Crippen LogP contribution in [-0.2, 0) is 14.3 Å². The molecule has 2 saturated heterocycles. The Hall–Kier alpha value is -5.55. The third kappa shape index (κ3) is 8.09. The monoisotopic (exact) mass is 781 g/mol. The average molecular weight is 782 g/mol. The molecule has 1 aliphatic carbocycles. The van der Waals surface area contributed by atoms with Crippen LogP contribution in [-0.4, -0.2) is 93.7 Å². The molecule has 0 spiro atoms. The summed E-state index contributed by atoms with van der Waals surface area (Å²) in [6.07, 6.45) is 10.1. The Morgan fingerprint density at radius 1 is 0.828 bits per heavy atom. The molecule has 5 atom stereocenters. The summed E-state index contributed by atoms with van der Waals surface area (Å²) in [5.74, 6) is 1.04. The number of aromatic amines is 1. The first kappa shape index (κ1) is 39.3. The lowest BCUT2D eigenvalue weighted by Crippen LogP contribution is -2.47. The summed E-state index contributed by atoms with van der Waals surface area (Å²) in [7, 11) is 1.36. The van der Waals surface area contributed by atoms with E-state index in [-0.39, 0.29) is 41.9 Å². The molecule has 302 valence electrons. The summed E-state index contributed by atoms with van der Waals surface area (Å²) in [6, 6.07) is 27.0. The first-order chi connectivity index (χ1) is 28.3. The fraction of sp³-hybridized carbons (Fsp3) is 0.426. The van der Waals surface area contributed by atoms with Gasteiger partial charge in [-0.25, -0.2) is 9.78 Å². The lowest BCUT2D eigenvalue weighted by atomic mass is 9.96. The number of nitrogens with one attached hydrogen (secondary N) is 2. The van der Waals surface area contributed by atoms with Gasteiger partial charge in [0.15, 0.2) is 0 Å². The number of benzene rings is 3. The van der Waals surface area contributed by atoms with Gasteiger partial charge in [0.1, 0.15) is 11.9 Å². The molecule has 3 aliphatic heterocycles. The molecule has 58 heavy (non-hydrogen) atoms. The van der Waals surface area contributed by atoms with Gasteiger partial charge in [-0.2, -0.15) is 0 Å². The van der Waals surface area contributed by atoms with Crippen molar-refractivity contribution in [2.45, 2.75) is 89.4 Å². The molecule has 11 nitrogen and oxygen atoms in total. The van der Waals surface area contributed by atoms with Crippen LogP contribution in [0, 0.1) is 5.92 Å². The molecule has 4 aliphatic rings. The first-order valence-corrected chi connectivity index (χ1v) is 21.1. The number of rotatable bonds is 12. The number of likely N-dealkylation sites (tertiary alicyclic amines) is 2. The second-order valence-corrected chi connectivity index (χ2v) is 16.0. The van der Waals surface area contributed by atoms with Crippen molar-refractivity contribution in [3.05, 3.63) is 108 Å². The van der Waals surface area contributed by atoms with Crippen LogP contribution >= 0.6 is 0 Å². The van der Waals surface area contributed by atoms with E-state index < -0.39 is 6.09 Å². The minimum absolute atomic E-state index is 0.0227. The number of carbonyl (C=O) groups is 3. The van der Waals surface area contributed by atoms with Gasteiger partial charge in [0, 0.05) is 43.4 Å². The summed E-state index contributed by atoms with van der Waals surface area (Å²) < 4.78 is 4.75. The second kappa shape index (κ2) is 17.5. The summed E-state index contributed by atoms with van der Waals surface area (Å²) in [4.78, 5) is 59.0. The van der Waals surface area contributed by atoms with E-state index in [0.717, 1.165) is 116 Å². The van der Waals surface area contributed by atoms with Gasteiger partial charge in [-0.15, -0.1) is 0 Å². The molecule has 3 amide bonds. The third-order valence-electron chi connectivity index (χ3n) is 12.7. The van der Waals surface area contributed by atoms with Gasteiger partial charge < -0.3 is 24.8 Å². The molecule has 3 fully saturated rings. The van der Waals surface area contributed by atoms with Crippen LogP contribution in [0.4, 0.5) is 4.79 Å². The number of H-pyrrole nitrogens is 1. The van der Waals surface area contributed by atoms with Crippen molar-refractivity contribution < 1.29 is 19.1 Å². The van der Waals surface area contributed by atoms with E-state index >= 15 is 0 Å². The zero-order valence-electron chi connectivity index (χ0n) is 33.9. The number of methoxy groups -OCH3 is 1. The molecular formula is C47H55N7O4. The SMILES string of the molecule is CCN(CC)C(C(=O)N1CCC[C@H]1C1=NC=C(c2ccc(-c3ccc(-c4cnc([C@@H]5CCCN5C(=O)[C@@H]5CC[C@H](NC(=O)OC)C5)[nH]4)cc3)cc2)C1)c1ccccc1. The van der Waals surface area contributed by atoms with Crippen molar-refractivity contribution in [3.63, 3.8) is 0 Å². The van der Waals surface area contributed by atoms with Crippen LogP contribution in [0.25, 0.3) is 28.0 Å². The number of carbonyl (C=O) groups excluding carboxylic acids is 3. The molecular weight excluding hydrogens is 727 g/mol. The Bertz CT molecular complexity index is 2140. The van der Waals surface area contributed by atoms with E-state index in [4.69, 9.17) is 14.7 Å². The van der Waals surface area contributed by atoms with Crippen LogP contribution < -0.4 is 5.32 Å². The molecule has 0 bridgehead atoms. The van der Waals surface area contributed by atoms with Gasteiger partial charge in [0.05, 0.1) is 31.1 Å². The van der Waals surface area contributed by atoms with Crippen molar-refractivity contribution in [1.29, 1.82) is 0 Å². The topological polar surface area (TPSA) is 123 Å². The van der Waals surface area contributed by atoms with Crippen LogP contribution in [0.15, 0.2) is 96.3 Å². The standard InChI is InChI=1S/C47H55N7O4/c1-4-52(5-2)43(35-11-7-6-8-12-35)46(56)53-25-9-13-41(53)39-28-37(29-48-39)33-17-15-31(16-18-33)32-19-21-34(22-20-32)40-30-49-44(51-40)42-14-10-26-54(42)45(55)36-23-24-38(27-36)50-47(57)58-3/h6-8,11-12,15-22,29-30,36,38,41-43H,4-5,9-10,13-14,23-28H2,1-3H3,(H,49,51)(H,50,57)/t36-,38+,41+,42+,43?/m1/s1. The average Bonchev–Trinajstić information content (AvgIpc) is 4.12. The van der Waals surface area contributed by atoms with Gasteiger partial charge in [-0.1, -0.05) is 92.7 Å². The van der Waals surface area contributed by atoms with Gasteiger partial charge in [0.25, 0.3) is 0 Å². The quantitative estimate of drug-likeness (QED) is 0.150. The lowest BCUT2D eigenvalue weighted by molar-refractivity contribution is -0.137. The number of amides is 3. The molecule has 0 radical (unpaired) electrons. The largest absolute Gasteiger partial charge is 0.453 e. The highest BCUT2D eigenvalue weighted by Gasteiger charge is 2.40. The maximum Gasteiger partial charge on any atom is 0.407 e. The molecule has 4 heterocycles. The van der Waals surface area contributed by atoms with E-state index in [1.54, 1.807) is 0 Å². The minimum Gasteiger partial charge on any atom is -0.453 e. The smallest absolute Gasteiger partial charge is 0.407 e. The predicted octanol–water partition coefficient (Wildman–Crippen LogP) is 8.19. The molecule has 1 aromatic heterocycles. The molecule has 1 unspecified atom stereocenters. The van der Waals surface area contributed by atoms with Crippen LogP contribution in [0.1, 0.15) is 94.2 Å². The maximum absolute atomic E-state index is 14.2. The number of hydrogen-bond acceptors (Lipinski definition) is 7. The maximum atomic E-state index is 14.2. The van der Waals surface area contributed by atoms with Gasteiger partial charge in [0.2, 0.25) is 11.8 Å². The number of hydrogen-bond donors (Lipinski definition) is 2. The molecule has 3 aromatic carbocycles. The van der Waals surface area contributed by atoms with Gasteiger partial charge >= 0.3 is 6.09 Å². The Morgan fingerprint density at radius 3 is 2.17 bits per heavy atom. The number of nitrogens with zero attached hydrogens (tertiary/aromatic N) is 5. The highest BCUT2D eigenvalue weighted by atomic mass is 16.5. The van der Waals surface area contributed by atoms with E-state index in [2.05, 4.69) is 94.6 Å². The Kier molecular flexibility index (Phi) is 11.9. The van der Waals surface area contributed by atoms with E-state index in [1.165, 1.54) is 12.7 Å². The van der Waals surface area contributed by atoms with Crippen molar-refractivity contribution in [2.24, 2.45) is 10.9 Å². The van der Waals surface area contributed by atoms with Crippen molar-refractivity contribution >= 4 is 29.2 Å². The third-order valence-corrected chi connectivity index (χ3v) is 12.7. The van der Waals surface area contributed by atoms with Crippen molar-refractivity contribution in [1.82, 2.24) is 30.0 Å². The van der Waals surface area contributed by atoms with Gasteiger partial charge in [-0.3, -0.25) is 19.5 Å². The second-order valence-electron chi connectivity index (χ2n) is 16.0. The molecule has 8 rings (SSSR count). The van der Waals surface area contributed by atoms with E-state index in [1.807, 2.05) is 35.5 Å². The first-order valence-electron chi connectivity index (χ1n) is 21.1. The van der Waals surface area contributed by atoms with Gasteiger partial charge in [-0.05, 0) is 91.4 Å². The van der Waals surface area contributed by atoms with Crippen LogP contribution in [0.5, 0.6) is 0 Å². The summed E-state index contributed by atoms with van der Waals surface area (Å²) in [5, 5.41) is 2.85. The van der Waals surface area contributed by atoms with E-state index in [0.29, 0.717) is 6.42 Å². The number of allylic oxidation sites excluding steroid dienone is 1. The highest BCUT2D eigenvalue weighted by molar-refractivity contribution is 6.03. The zero-order chi connectivity index (χ0) is 40.2. The molecule has 1 saturated carbocycles. The van der Waals surface area contributed by atoms with Crippen LogP contribution in [0.3, 0.4) is 0 Å². The molecule has 4 aromatic rings. The molecule has 2 N–H and O–H groups in total. The summed E-state index contributed by atoms with van der Waals surface area (Å²) >= 11 is 0. The summed E-state index contributed by atoms with van der Waals surface area (Å²) in [6.45, 7) is 7.35. The predicted molar refractivity (Wildman–Crippen MR) is 227 cm³/mol. The zero-order valence-corrected chi connectivity index (χ0v) is 33.9. The Balaban J connectivity index is 0.878. The normalized spacial score (nSPS) is 22.3. The highest BCUT2D eigenvalue weighted by Crippen LogP contribution is 2.37. The fourth-order valence-electron chi connectivity index (χ4n) is 9.58. The van der Waals surface area contributed by atoms with Crippen LogP contribution in [0.2, 0.25) is 0 Å². The van der Waals surface area contributed by atoms with E-state index in [9.17, 15) is 14.4 Å². The number of imidazole rings is 1. The Labute approximate surface area is 341 Å². The number of alkyl carbamates (subject to hydrolysis) is 1. The van der Waals surface area contributed by atoms with Crippen molar-refractivity contribution in [2.75, 3.05) is 33.3 Å². The number of ether oxygens (including phenoxy) is 1. The van der Waals surface area contributed by atoms with Crippen molar-refractivity contribution in [3.8, 4) is 22.4 Å². The fourth-order valence-corrected chi connectivity index (χ4v) is 9.58. The number of likely N-dealkylation sites (N-methyl/N-ethyl adjacent to an activating group) is 1. The Morgan fingerprint density at radius 2 is 1.48 bits per heavy atom. The molecule has 11 heteroatoms. The number of aromatic nitrogens is 2. The minimum atomic E-state index is -0.445. The number of aliphatic imine (C=N–C) groups is 1.